The van der Waals surface area contributed by atoms with Gasteiger partial charge in [0, 0.05) is 13.1 Å². The molecule has 0 amide bonds. The molecule has 0 spiro atoms. The van der Waals surface area contributed by atoms with Crippen molar-refractivity contribution in [3.63, 3.8) is 0 Å². The van der Waals surface area contributed by atoms with Gasteiger partial charge in [-0.15, -0.1) is 0 Å². The van der Waals surface area contributed by atoms with Crippen LogP contribution >= 0.6 is 0 Å². The topological polar surface area (TPSA) is 72.1 Å². The molecular weight excluding hydrogens is 404 g/mol. The van der Waals surface area contributed by atoms with Gasteiger partial charge in [0.15, 0.2) is 12.5 Å². The molecule has 0 bridgehead atoms. The maximum absolute atomic E-state index is 12.3. The van der Waals surface area contributed by atoms with E-state index < -0.39 is 0 Å². The van der Waals surface area contributed by atoms with E-state index in [0.29, 0.717) is 11.8 Å². The molecule has 186 valence electrons. The molecule has 6 nitrogen and oxygen atoms in total. The summed E-state index contributed by atoms with van der Waals surface area (Å²) >= 11 is 0. The molecule has 2 atom stereocenters. The van der Waals surface area contributed by atoms with Crippen molar-refractivity contribution in [2.75, 3.05) is 19.7 Å². The van der Waals surface area contributed by atoms with Gasteiger partial charge in [0.2, 0.25) is 0 Å². The van der Waals surface area contributed by atoms with Crippen LogP contribution in [0.25, 0.3) is 0 Å². The van der Waals surface area contributed by atoms with E-state index in [1.165, 1.54) is 44.9 Å². The smallest absolute Gasteiger partial charge is 0.338 e. The summed E-state index contributed by atoms with van der Waals surface area (Å²) in [7, 11) is 0. The lowest BCUT2D eigenvalue weighted by atomic mass is 9.78. The van der Waals surface area contributed by atoms with Crippen molar-refractivity contribution in [2.45, 2.75) is 128 Å². The lowest BCUT2D eigenvalue weighted by Gasteiger charge is -2.38. The molecule has 2 unspecified atom stereocenters. The summed E-state index contributed by atoms with van der Waals surface area (Å²) in [4.78, 5) is 12.3. The second-order valence-corrected chi connectivity index (χ2v) is 10.2. The largest absolute Gasteiger partial charge is 0.460 e. The van der Waals surface area contributed by atoms with Crippen LogP contribution in [0.4, 0.5) is 0 Å². The van der Waals surface area contributed by atoms with Gasteiger partial charge in [0.1, 0.15) is 6.10 Å². The quantitative estimate of drug-likeness (QED) is 0.209. The van der Waals surface area contributed by atoms with Crippen LogP contribution in [-0.4, -0.2) is 50.3 Å². The van der Waals surface area contributed by atoms with E-state index in [1.807, 2.05) is 0 Å². The Morgan fingerprint density at radius 1 is 0.844 bits per heavy atom. The van der Waals surface area contributed by atoms with Gasteiger partial charge in [-0.25, -0.2) is 4.79 Å². The van der Waals surface area contributed by atoms with Crippen molar-refractivity contribution >= 4 is 5.97 Å². The maximum atomic E-state index is 12.3. The third kappa shape index (κ3) is 8.92. The van der Waals surface area contributed by atoms with Crippen LogP contribution in [0.15, 0.2) is 0 Å². The standard InChI is InChI=1S/C26H48N2O4/c1-3-5-7-8-9-11-17-30-26-27-18-21(19-28-26)20-13-15-22(16-14-20)31-25(29)24-23(32-24)12-10-6-4-2/h20-24,26-28H,3-19H2,1-2H3. The average Bonchev–Trinajstić information content (AvgIpc) is 3.59. The minimum absolute atomic E-state index is 0.00278. The molecule has 2 aliphatic heterocycles. The Hall–Kier alpha value is -0.690. The normalized spacial score (nSPS) is 32.6. The fourth-order valence-electron chi connectivity index (χ4n) is 5.27. The Bertz CT molecular complexity index is 516. The van der Waals surface area contributed by atoms with E-state index in [0.717, 1.165) is 64.6 Å². The first-order valence-electron chi connectivity index (χ1n) is 13.7. The Balaban J connectivity index is 1.21. The summed E-state index contributed by atoms with van der Waals surface area (Å²) in [5.74, 6) is 1.21. The number of hydrogen-bond donors (Lipinski definition) is 2. The second kappa shape index (κ2) is 14.5. The zero-order valence-electron chi connectivity index (χ0n) is 20.6. The number of rotatable bonds is 15. The highest BCUT2D eigenvalue weighted by Gasteiger charge is 2.46. The number of carbonyl (C=O) groups is 1. The summed E-state index contributed by atoms with van der Waals surface area (Å²) < 4.78 is 17.3. The van der Waals surface area contributed by atoms with Crippen molar-refractivity contribution < 1.29 is 19.0 Å². The highest BCUT2D eigenvalue weighted by molar-refractivity contribution is 5.78. The molecule has 2 heterocycles. The van der Waals surface area contributed by atoms with Crippen molar-refractivity contribution in [2.24, 2.45) is 11.8 Å². The summed E-state index contributed by atoms with van der Waals surface area (Å²) in [6.07, 6.45) is 16.5. The van der Waals surface area contributed by atoms with E-state index in [-0.39, 0.29) is 30.6 Å². The first-order chi connectivity index (χ1) is 15.7. The maximum Gasteiger partial charge on any atom is 0.338 e. The van der Waals surface area contributed by atoms with E-state index in [9.17, 15) is 4.79 Å². The first kappa shape index (κ1) is 25.9. The summed E-state index contributed by atoms with van der Waals surface area (Å²) in [5.41, 5.74) is 0. The minimum Gasteiger partial charge on any atom is -0.460 e. The van der Waals surface area contributed by atoms with Gasteiger partial charge in [-0.1, -0.05) is 65.2 Å². The van der Waals surface area contributed by atoms with Gasteiger partial charge in [0.05, 0.1) is 12.7 Å². The van der Waals surface area contributed by atoms with Crippen molar-refractivity contribution in [1.29, 1.82) is 0 Å². The molecule has 6 heteroatoms. The number of ether oxygens (including phenoxy) is 3. The predicted octanol–water partition coefficient (Wildman–Crippen LogP) is 4.91. The van der Waals surface area contributed by atoms with Gasteiger partial charge >= 0.3 is 5.97 Å². The Labute approximate surface area is 195 Å². The number of nitrogens with one attached hydrogen (secondary N) is 2. The zero-order valence-corrected chi connectivity index (χ0v) is 20.6. The van der Waals surface area contributed by atoms with Crippen molar-refractivity contribution in [1.82, 2.24) is 10.6 Å². The van der Waals surface area contributed by atoms with E-state index in [1.54, 1.807) is 0 Å². The molecule has 1 saturated carbocycles. The van der Waals surface area contributed by atoms with Crippen LogP contribution in [0.1, 0.15) is 104 Å². The van der Waals surface area contributed by atoms with Crippen LogP contribution in [0.2, 0.25) is 0 Å². The monoisotopic (exact) mass is 452 g/mol. The molecule has 0 aromatic rings. The number of esters is 1. The summed E-state index contributed by atoms with van der Waals surface area (Å²) in [5, 5.41) is 7.07. The third-order valence-corrected chi connectivity index (χ3v) is 7.49. The lowest BCUT2D eigenvalue weighted by Crippen LogP contribution is -2.55. The fraction of sp³-hybridized carbons (Fsp3) is 0.962. The summed E-state index contributed by atoms with van der Waals surface area (Å²) in [6.45, 7) is 7.31. The van der Waals surface area contributed by atoms with E-state index in [2.05, 4.69) is 24.5 Å². The zero-order chi connectivity index (χ0) is 22.6. The Kier molecular flexibility index (Phi) is 11.8. The van der Waals surface area contributed by atoms with Crippen LogP contribution in [0.3, 0.4) is 0 Å². The average molecular weight is 453 g/mol. The van der Waals surface area contributed by atoms with Crippen molar-refractivity contribution in [3.05, 3.63) is 0 Å². The Morgan fingerprint density at radius 2 is 1.50 bits per heavy atom. The molecule has 3 aliphatic rings. The molecule has 2 saturated heterocycles. The van der Waals surface area contributed by atoms with Crippen LogP contribution in [0, 0.1) is 11.8 Å². The highest BCUT2D eigenvalue weighted by atomic mass is 16.6. The van der Waals surface area contributed by atoms with Gasteiger partial charge in [-0.05, 0) is 50.4 Å². The second-order valence-electron chi connectivity index (χ2n) is 10.2. The molecule has 3 fully saturated rings. The third-order valence-electron chi connectivity index (χ3n) is 7.49. The summed E-state index contributed by atoms with van der Waals surface area (Å²) in [6, 6.07) is 0. The number of carbonyl (C=O) groups excluding carboxylic acids is 1. The number of hydrogen-bond acceptors (Lipinski definition) is 6. The van der Waals surface area contributed by atoms with Crippen molar-refractivity contribution in [3.8, 4) is 0 Å². The number of epoxide rings is 1. The molecule has 0 aromatic carbocycles. The molecule has 2 N–H and O–H groups in total. The molecule has 1 aliphatic carbocycles. The molecule has 0 radical (unpaired) electrons. The van der Waals surface area contributed by atoms with Crippen LogP contribution < -0.4 is 10.6 Å². The first-order valence-corrected chi connectivity index (χ1v) is 13.7. The van der Waals surface area contributed by atoms with Gasteiger partial charge in [-0.3, -0.25) is 10.6 Å². The molecule has 32 heavy (non-hydrogen) atoms. The molecular formula is C26H48N2O4. The van der Waals surface area contributed by atoms with Crippen LogP contribution in [0.5, 0.6) is 0 Å². The lowest BCUT2D eigenvalue weighted by molar-refractivity contribution is -0.152. The van der Waals surface area contributed by atoms with Gasteiger partial charge in [-0.2, -0.15) is 0 Å². The van der Waals surface area contributed by atoms with E-state index >= 15 is 0 Å². The van der Waals surface area contributed by atoms with Gasteiger partial charge < -0.3 is 14.2 Å². The molecule has 3 rings (SSSR count). The predicted molar refractivity (Wildman–Crippen MR) is 127 cm³/mol. The number of unbranched alkanes of at least 4 members (excludes halogenated alkanes) is 7. The highest BCUT2D eigenvalue weighted by Crippen LogP contribution is 2.34. The SMILES string of the molecule is CCCCCCCCOC1NCC(C2CCC(OC(=O)C3OC3CCCCC)CC2)CN1. The van der Waals surface area contributed by atoms with Crippen LogP contribution in [-0.2, 0) is 19.0 Å². The molecule has 0 aromatic heterocycles. The Morgan fingerprint density at radius 3 is 2.22 bits per heavy atom. The van der Waals surface area contributed by atoms with Gasteiger partial charge in [0.25, 0.3) is 0 Å². The minimum atomic E-state index is -0.287. The van der Waals surface area contributed by atoms with E-state index in [4.69, 9.17) is 14.2 Å². The fourth-order valence-corrected chi connectivity index (χ4v) is 5.27.